The van der Waals surface area contributed by atoms with E-state index in [2.05, 4.69) is 15.9 Å². The highest BCUT2D eigenvalue weighted by Gasteiger charge is 2.12. The first-order valence-electron chi connectivity index (χ1n) is 8.21. The lowest BCUT2D eigenvalue weighted by atomic mass is 10.0. The molecule has 0 aliphatic heterocycles. The van der Waals surface area contributed by atoms with Crippen LogP contribution in [-0.4, -0.2) is 0 Å². The van der Waals surface area contributed by atoms with Gasteiger partial charge >= 0.3 is 0 Å². The number of rotatable bonds is 5. The van der Waals surface area contributed by atoms with Crippen LogP contribution >= 0.6 is 27.5 Å². The Kier molecular flexibility index (Phi) is 6.45. The molecule has 0 amide bonds. The van der Waals surface area contributed by atoms with Crippen molar-refractivity contribution in [2.45, 2.75) is 6.61 Å². The van der Waals surface area contributed by atoms with Crippen LogP contribution in [0.2, 0.25) is 5.02 Å². The first-order valence-corrected chi connectivity index (χ1v) is 9.38. The second kappa shape index (κ2) is 9.01. The van der Waals surface area contributed by atoms with Crippen molar-refractivity contribution >= 4 is 39.2 Å². The summed E-state index contributed by atoms with van der Waals surface area (Å²) in [5, 5.41) is 9.69. The predicted molar refractivity (Wildman–Crippen MR) is 110 cm³/mol. The van der Waals surface area contributed by atoms with Gasteiger partial charge in [-0.25, -0.2) is 8.78 Å². The van der Waals surface area contributed by atoms with E-state index in [4.69, 9.17) is 16.3 Å². The van der Waals surface area contributed by atoms with Gasteiger partial charge in [0.15, 0.2) is 5.75 Å². The Labute approximate surface area is 174 Å². The minimum atomic E-state index is -0.481. The number of hydrogen-bond donors (Lipinski definition) is 0. The van der Waals surface area contributed by atoms with Gasteiger partial charge in [-0.2, -0.15) is 5.26 Å². The van der Waals surface area contributed by atoms with Gasteiger partial charge in [-0.05, 0) is 51.8 Å². The van der Waals surface area contributed by atoms with E-state index in [1.54, 1.807) is 42.5 Å². The molecule has 0 saturated heterocycles. The number of allylic oxidation sites excluding steroid dienone is 1. The van der Waals surface area contributed by atoms with Gasteiger partial charge in [0.2, 0.25) is 0 Å². The first-order chi connectivity index (χ1) is 13.5. The Morgan fingerprint density at radius 2 is 1.75 bits per heavy atom. The molecule has 0 radical (unpaired) electrons. The normalized spacial score (nSPS) is 11.2. The van der Waals surface area contributed by atoms with Crippen LogP contribution in [-0.2, 0) is 6.61 Å². The molecule has 0 unspecified atom stereocenters. The van der Waals surface area contributed by atoms with Crippen LogP contribution in [0.5, 0.6) is 5.75 Å². The van der Waals surface area contributed by atoms with Crippen LogP contribution in [0, 0.1) is 23.0 Å². The number of nitrogens with zero attached hydrogens (tertiary/aromatic N) is 1. The first kappa shape index (κ1) is 20.1. The van der Waals surface area contributed by atoms with E-state index in [-0.39, 0.29) is 28.6 Å². The minimum Gasteiger partial charge on any atom is -0.486 e. The van der Waals surface area contributed by atoms with Crippen LogP contribution in [0.3, 0.4) is 0 Å². The third-order valence-electron chi connectivity index (χ3n) is 3.95. The van der Waals surface area contributed by atoms with Crippen LogP contribution in [0.15, 0.2) is 65.1 Å². The van der Waals surface area contributed by atoms with Crippen molar-refractivity contribution in [3.63, 3.8) is 0 Å². The molecule has 3 rings (SSSR count). The molecule has 0 saturated carbocycles. The van der Waals surface area contributed by atoms with Gasteiger partial charge in [0, 0.05) is 11.1 Å². The molecule has 28 heavy (non-hydrogen) atoms. The van der Waals surface area contributed by atoms with E-state index in [0.717, 1.165) is 0 Å². The molecular formula is C22H13BrClF2NO. The number of ether oxygens (including phenoxy) is 1. The molecule has 0 aromatic heterocycles. The highest BCUT2D eigenvalue weighted by atomic mass is 79.9. The lowest BCUT2D eigenvalue weighted by Gasteiger charge is -2.12. The zero-order chi connectivity index (χ0) is 20.1. The van der Waals surface area contributed by atoms with Gasteiger partial charge in [0.25, 0.3) is 0 Å². The highest BCUT2D eigenvalue weighted by molar-refractivity contribution is 9.10. The molecule has 0 bridgehead atoms. The standard InChI is InChI=1S/C22H13BrClF2NO/c23-18-10-14(9-16(12-27)17-6-2-4-8-21(17)26)11-19(24)22(18)28-13-15-5-1-3-7-20(15)25/h1-11H,13H2/b16-9-. The maximum atomic E-state index is 14.0. The lowest BCUT2D eigenvalue weighted by molar-refractivity contribution is 0.298. The summed E-state index contributed by atoms with van der Waals surface area (Å²) in [6.45, 7) is 0.0127. The van der Waals surface area contributed by atoms with Crippen molar-refractivity contribution < 1.29 is 13.5 Å². The van der Waals surface area contributed by atoms with E-state index >= 15 is 0 Å². The van der Waals surface area contributed by atoms with Gasteiger partial charge in [-0.1, -0.05) is 48.0 Å². The summed E-state index contributed by atoms with van der Waals surface area (Å²) < 4.78 is 33.9. The van der Waals surface area contributed by atoms with Crippen molar-refractivity contribution in [2.24, 2.45) is 0 Å². The van der Waals surface area contributed by atoms with Crippen molar-refractivity contribution in [3.8, 4) is 11.8 Å². The molecule has 2 nitrogen and oxygen atoms in total. The van der Waals surface area contributed by atoms with Crippen LogP contribution in [0.1, 0.15) is 16.7 Å². The summed E-state index contributed by atoms with van der Waals surface area (Å²) in [7, 11) is 0. The Morgan fingerprint density at radius 1 is 1.07 bits per heavy atom. The van der Waals surface area contributed by atoms with Crippen LogP contribution < -0.4 is 4.74 Å². The predicted octanol–water partition coefficient (Wildman–Crippen LogP) is 7.02. The van der Waals surface area contributed by atoms with Crippen molar-refractivity contribution in [1.29, 1.82) is 5.26 Å². The van der Waals surface area contributed by atoms with Crippen molar-refractivity contribution in [3.05, 3.63) is 98.5 Å². The van der Waals surface area contributed by atoms with Gasteiger partial charge in [0.1, 0.15) is 18.2 Å². The third-order valence-corrected chi connectivity index (χ3v) is 4.82. The highest BCUT2D eigenvalue weighted by Crippen LogP contribution is 2.36. The molecule has 0 aliphatic rings. The third kappa shape index (κ3) is 4.59. The molecule has 6 heteroatoms. The Morgan fingerprint density at radius 3 is 2.39 bits per heavy atom. The zero-order valence-electron chi connectivity index (χ0n) is 14.4. The molecular weight excluding hydrogens is 448 g/mol. The SMILES string of the molecule is N#C/C(=C/c1cc(Cl)c(OCc2ccccc2F)c(Br)c1)c1ccccc1F. The van der Waals surface area contributed by atoms with Crippen LogP contribution in [0.25, 0.3) is 11.6 Å². The second-order valence-corrected chi connectivity index (χ2v) is 7.10. The maximum Gasteiger partial charge on any atom is 0.152 e. The van der Waals surface area contributed by atoms with Gasteiger partial charge in [-0.15, -0.1) is 0 Å². The molecule has 0 aliphatic carbocycles. The second-order valence-electron chi connectivity index (χ2n) is 5.84. The molecule has 140 valence electrons. The molecule has 0 fully saturated rings. The van der Waals surface area contributed by atoms with Crippen molar-refractivity contribution in [2.75, 3.05) is 0 Å². The average Bonchev–Trinajstić information content (AvgIpc) is 2.67. The summed E-state index contributed by atoms with van der Waals surface area (Å²) >= 11 is 9.69. The van der Waals surface area contributed by atoms with Gasteiger partial charge < -0.3 is 4.74 Å². The fourth-order valence-corrected chi connectivity index (χ4v) is 3.57. The molecule has 0 atom stereocenters. The molecule has 0 N–H and O–H groups in total. The largest absolute Gasteiger partial charge is 0.486 e. The number of nitriles is 1. The number of hydrogen-bond acceptors (Lipinski definition) is 2. The quantitative estimate of drug-likeness (QED) is 0.303. The van der Waals surface area contributed by atoms with Crippen molar-refractivity contribution in [1.82, 2.24) is 0 Å². The zero-order valence-corrected chi connectivity index (χ0v) is 16.8. The lowest BCUT2D eigenvalue weighted by Crippen LogP contribution is -1.99. The summed E-state index contributed by atoms with van der Waals surface area (Å²) in [5.41, 5.74) is 1.37. The fraction of sp³-hybridized carbons (Fsp3) is 0.0455. The smallest absolute Gasteiger partial charge is 0.152 e. The summed E-state index contributed by atoms with van der Waals surface area (Å²) in [6, 6.07) is 17.7. The van der Waals surface area contributed by atoms with Gasteiger partial charge in [-0.3, -0.25) is 0 Å². The number of benzene rings is 3. The Hall–Kier alpha value is -2.68. The Balaban J connectivity index is 1.88. The van der Waals surface area contributed by atoms with E-state index in [9.17, 15) is 14.0 Å². The molecule has 3 aromatic rings. The average molecular weight is 461 g/mol. The number of halogens is 4. The van der Waals surface area contributed by atoms with Crippen LogP contribution in [0.4, 0.5) is 8.78 Å². The van der Waals surface area contributed by atoms with E-state index in [0.29, 0.717) is 21.3 Å². The summed E-state index contributed by atoms with van der Waals surface area (Å²) in [5.74, 6) is -0.491. The monoisotopic (exact) mass is 459 g/mol. The Bertz CT molecular complexity index is 1070. The minimum absolute atomic E-state index is 0.0127. The van der Waals surface area contributed by atoms with Gasteiger partial charge in [0.05, 0.1) is 21.1 Å². The fourth-order valence-electron chi connectivity index (χ4n) is 2.58. The maximum absolute atomic E-state index is 14.0. The van der Waals surface area contributed by atoms with E-state index in [1.807, 2.05) is 6.07 Å². The molecule has 3 aromatic carbocycles. The molecule has 0 heterocycles. The summed E-state index contributed by atoms with van der Waals surface area (Å²) in [6.07, 6.45) is 1.54. The summed E-state index contributed by atoms with van der Waals surface area (Å²) in [4.78, 5) is 0. The topological polar surface area (TPSA) is 33.0 Å². The molecule has 0 spiro atoms. The van der Waals surface area contributed by atoms with E-state index in [1.165, 1.54) is 24.3 Å². The van der Waals surface area contributed by atoms with E-state index < -0.39 is 5.82 Å².